The summed E-state index contributed by atoms with van der Waals surface area (Å²) in [4.78, 5) is 21.0. The van der Waals surface area contributed by atoms with Crippen molar-refractivity contribution >= 4 is 27.9 Å². The summed E-state index contributed by atoms with van der Waals surface area (Å²) in [6.45, 7) is 1.85. The molecule has 0 aromatic carbocycles. The number of alkyl halides is 1. The van der Waals surface area contributed by atoms with Crippen molar-refractivity contribution in [2.45, 2.75) is 19.8 Å². The molecule has 0 amide bonds. The van der Waals surface area contributed by atoms with E-state index < -0.39 is 11.9 Å². The van der Waals surface area contributed by atoms with Gasteiger partial charge in [0.05, 0.1) is 0 Å². The van der Waals surface area contributed by atoms with Crippen LogP contribution in [0.25, 0.3) is 0 Å². The van der Waals surface area contributed by atoms with Crippen molar-refractivity contribution in [1.82, 2.24) is 0 Å². The fourth-order valence-corrected chi connectivity index (χ4v) is 0.524. The lowest BCUT2D eigenvalue weighted by Crippen LogP contribution is -2.12. The topological polar surface area (TPSA) is 43.4 Å². The molecule has 0 aromatic rings. The Morgan fingerprint density at radius 2 is 2.00 bits per heavy atom. The molecule has 0 aliphatic heterocycles. The number of halogens is 1. The highest BCUT2D eigenvalue weighted by atomic mass is 79.9. The van der Waals surface area contributed by atoms with Gasteiger partial charge in [-0.3, -0.25) is 9.59 Å². The van der Waals surface area contributed by atoms with Crippen LogP contribution in [-0.2, 0) is 14.3 Å². The molecular weight excluding hydrogens is 200 g/mol. The van der Waals surface area contributed by atoms with Crippen LogP contribution in [0, 0.1) is 0 Å². The molecule has 0 aromatic heterocycles. The molecule has 0 unspecified atom stereocenters. The van der Waals surface area contributed by atoms with Gasteiger partial charge in [-0.05, 0) is 6.42 Å². The number of ether oxygens (including phenoxy) is 1. The van der Waals surface area contributed by atoms with Gasteiger partial charge in [0.1, 0.15) is 5.33 Å². The van der Waals surface area contributed by atoms with Crippen molar-refractivity contribution in [3.8, 4) is 0 Å². The van der Waals surface area contributed by atoms with E-state index in [1.165, 1.54) is 0 Å². The monoisotopic (exact) mass is 208 g/mol. The largest absolute Gasteiger partial charge is 0.393 e. The fraction of sp³-hybridized carbons (Fsp3) is 0.667. The van der Waals surface area contributed by atoms with Gasteiger partial charge in [0.2, 0.25) is 0 Å². The second kappa shape index (κ2) is 5.41. The van der Waals surface area contributed by atoms with Gasteiger partial charge in [0.15, 0.2) is 0 Å². The van der Waals surface area contributed by atoms with Crippen molar-refractivity contribution in [1.29, 1.82) is 0 Å². The summed E-state index contributed by atoms with van der Waals surface area (Å²) in [5.41, 5.74) is 0. The zero-order chi connectivity index (χ0) is 7.98. The Labute approximate surface area is 67.9 Å². The molecule has 58 valence electrons. The van der Waals surface area contributed by atoms with Gasteiger partial charge >= 0.3 is 11.9 Å². The SMILES string of the molecule is CCCC(=O)OC(=O)CBr. The van der Waals surface area contributed by atoms with E-state index in [9.17, 15) is 9.59 Å². The predicted molar refractivity (Wildman–Crippen MR) is 39.8 cm³/mol. The normalized spacial score (nSPS) is 9.00. The molecule has 0 saturated heterocycles. The number of carbonyl (C=O) groups is 2. The molecule has 0 atom stereocenters. The Morgan fingerprint density at radius 1 is 1.40 bits per heavy atom. The standard InChI is InChI=1S/C6H9BrO3/c1-2-3-5(8)10-6(9)4-7/h2-4H2,1H3. The lowest BCUT2D eigenvalue weighted by atomic mass is 10.3. The first-order chi connectivity index (χ1) is 4.70. The van der Waals surface area contributed by atoms with E-state index in [2.05, 4.69) is 20.7 Å². The highest BCUT2D eigenvalue weighted by molar-refractivity contribution is 9.09. The maximum Gasteiger partial charge on any atom is 0.324 e. The van der Waals surface area contributed by atoms with Crippen molar-refractivity contribution in [3.05, 3.63) is 0 Å². The minimum Gasteiger partial charge on any atom is -0.393 e. The molecule has 0 saturated carbocycles. The van der Waals surface area contributed by atoms with E-state index in [-0.39, 0.29) is 5.33 Å². The lowest BCUT2D eigenvalue weighted by molar-refractivity contribution is -0.157. The average molecular weight is 209 g/mol. The quantitative estimate of drug-likeness (QED) is 0.399. The van der Waals surface area contributed by atoms with Crippen molar-refractivity contribution in [2.24, 2.45) is 0 Å². The average Bonchev–Trinajstić information content (AvgIpc) is 1.88. The highest BCUT2D eigenvalue weighted by Crippen LogP contribution is 1.93. The maximum absolute atomic E-state index is 10.5. The molecule has 4 heteroatoms. The lowest BCUT2D eigenvalue weighted by Gasteiger charge is -1.96. The van der Waals surface area contributed by atoms with Crippen LogP contribution in [0.2, 0.25) is 0 Å². The highest BCUT2D eigenvalue weighted by Gasteiger charge is 2.06. The van der Waals surface area contributed by atoms with E-state index >= 15 is 0 Å². The number of esters is 2. The summed E-state index contributed by atoms with van der Waals surface area (Å²) >= 11 is 2.87. The first-order valence-electron chi connectivity index (χ1n) is 3.00. The molecule has 0 spiro atoms. The second-order valence-electron chi connectivity index (χ2n) is 1.73. The number of hydrogen-bond donors (Lipinski definition) is 0. The molecule has 0 fully saturated rings. The Balaban J connectivity index is 3.47. The number of carbonyl (C=O) groups excluding carboxylic acids is 2. The van der Waals surface area contributed by atoms with Crippen molar-refractivity contribution < 1.29 is 14.3 Å². The van der Waals surface area contributed by atoms with Gasteiger partial charge in [-0.15, -0.1) is 0 Å². The van der Waals surface area contributed by atoms with Gasteiger partial charge in [-0.2, -0.15) is 0 Å². The van der Waals surface area contributed by atoms with Crippen LogP contribution in [-0.4, -0.2) is 17.3 Å². The van der Waals surface area contributed by atoms with Gasteiger partial charge in [-0.1, -0.05) is 22.9 Å². The third kappa shape index (κ3) is 4.49. The Bertz CT molecular complexity index is 133. The second-order valence-corrected chi connectivity index (χ2v) is 2.29. The van der Waals surface area contributed by atoms with Crippen LogP contribution in [0.15, 0.2) is 0 Å². The number of rotatable bonds is 3. The molecule has 0 rings (SSSR count). The van der Waals surface area contributed by atoms with Gasteiger partial charge < -0.3 is 4.74 Å². The first kappa shape index (κ1) is 9.62. The Hall–Kier alpha value is -0.380. The minimum atomic E-state index is -0.529. The summed E-state index contributed by atoms with van der Waals surface area (Å²) in [6.07, 6.45) is 1.01. The molecule has 10 heavy (non-hydrogen) atoms. The van der Waals surface area contributed by atoms with E-state index in [0.29, 0.717) is 12.8 Å². The van der Waals surface area contributed by atoms with E-state index in [4.69, 9.17) is 0 Å². The van der Waals surface area contributed by atoms with Crippen molar-refractivity contribution in [3.63, 3.8) is 0 Å². The molecule has 0 N–H and O–H groups in total. The Kier molecular flexibility index (Phi) is 5.20. The van der Waals surface area contributed by atoms with Gasteiger partial charge in [-0.25, -0.2) is 0 Å². The summed E-state index contributed by atoms with van der Waals surface area (Å²) in [7, 11) is 0. The van der Waals surface area contributed by atoms with E-state index in [0.717, 1.165) is 0 Å². The van der Waals surface area contributed by atoms with Crippen LogP contribution in [0.1, 0.15) is 19.8 Å². The fourth-order valence-electron chi connectivity index (χ4n) is 0.409. The number of hydrogen-bond acceptors (Lipinski definition) is 3. The van der Waals surface area contributed by atoms with E-state index in [1.807, 2.05) is 6.92 Å². The first-order valence-corrected chi connectivity index (χ1v) is 4.12. The molecule has 0 aliphatic carbocycles. The smallest absolute Gasteiger partial charge is 0.324 e. The van der Waals surface area contributed by atoms with Crippen LogP contribution in [0.5, 0.6) is 0 Å². The van der Waals surface area contributed by atoms with Gasteiger partial charge in [0.25, 0.3) is 0 Å². The van der Waals surface area contributed by atoms with Crippen molar-refractivity contribution in [2.75, 3.05) is 5.33 Å². The summed E-state index contributed by atoms with van der Waals surface area (Å²) < 4.78 is 4.32. The molecule has 3 nitrogen and oxygen atoms in total. The zero-order valence-corrected chi connectivity index (χ0v) is 7.31. The molecular formula is C6H9BrO3. The van der Waals surface area contributed by atoms with E-state index in [1.54, 1.807) is 0 Å². The predicted octanol–water partition coefficient (Wildman–Crippen LogP) is 1.25. The third-order valence-corrected chi connectivity index (χ3v) is 1.25. The summed E-state index contributed by atoms with van der Waals surface area (Å²) in [5, 5.41) is 0.0719. The Morgan fingerprint density at radius 3 is 2.40 bits per heavy atom. The van der Waals surface area contributed by atoms with Gasteiger partial charge in [0, 0.05) is 6.42 Å². The maximum atomic E-state index is 10.5. The minimum absolute atomic E-state index is 0.0719. The van der Waals surface area contributed by atoms with Crippen LogP contribution < -0.4 is 0 Å². The summed E-state index contributed by atoms with van der Waals surface area (Å²) in [5.74, 6) is -0.981. The molecule has 0 aliphatic rings. The molecule has 0 bridgehead atoms. The molecule has 0 radical (unpaired) electrons. The van der Waals surface area contributed by atoms with Crippen LogP contribution in [0.4, 0.5) is 0 Å². The third-order valence-electron chi connectivity index (χ3n) is 0.791. The molecule has 0 heterocycles. The zero-order valence-electron chi connectivity index (χ0n) is 5.72. The van der Waals surface area contributed by atoms with Crippen LogP contribution >= 0.6 is 15.9 Å². The van der Waals surface area contributed by atoms with Crippen LogP contribution in [0.3, 0.4) is 0 Å². The summed E-state index contributed by atoms with van der Waals surface area (Å²) in [6, 6.07) is 0.